The van der Waals surface area contributed by atoms with Crippen LogP contribution < -0.4 is 5.32 Å². The quantitative estimate of drug-likeness (QED) is 0.784. The van der Waals surface area contributed by atoms with Crippen molar-refractivity contribution in [2.24, 2.45) is 0 Å². The van der Waals surface area contributed by atoms with Crippen molar-refractivity contribution in [3.63, 3.8) is 0 Å². The van der Waals surface area contributed by atoms with E-state index < -0.39 is 22.7 Å². The van der Waals surface area contributed by atoms with Crippen molar-refractivity contribution < 1.29 is 23.6 Å². The number of hydrogen-bond donors (Lipinski definition) is 2. The molecule has 1 aromatic carbocycles. The molecule has 0 aliphatic carbocycles. The van der Waals surface area contributed by atoms with Crippen LogP contribution in [0.4, 0.5) is 0 Å². The van der Waals surface area contributed by atoms with Crippen molar-refractivity contribution in [2.45, 2.75) is 17.9 Å². The van der Waals surface area contributed by atoms with E-state index in [0.717, 1.165) is 0 Å². The van der Waals surface area contributed by atoms with Crippen molar-refractivity contribution >= 4 is 34.3 Å². The molecule has 0 saturated heterocycles. The van der Waals surface area contributed by atoms with Crippen molar-refractivity contribution in [3.8, 4) is 0 Å². The Hall–Kier alpha value is -1.44. The number of rotatable bonds is 7. The molecule has 21 heavy (non-hydrogen) atoms. The molecule has 0 bridgehead atoms. The first-order valence-corrected chi connectivity index (χ1v) is 7.74. The smallest absolute Gasteiger partial charge is 0.337 e. The Morgan fingerprint density at radius 1 is 1.48 bits per heavy atom. The monoisotopic (exact) mass is 333 g/mol. The lowest BCUT2D eigenvalue weighted by Gasteiger charge is -2.12. The molecule has 0 saturated carbocycles. The molecule has 0 fully saturated rings. The van der Waals surface area contributed by atoms with Crippen LogP contribution in [0.15, 0.2) is 23.1 Å². The number of carboxylic acid groups (broad SMARTS) is 1. The molecule has 0 heterocycles. The number of benzene rings is 1. The molecule has 8 heteroatoms. The molecule has 116 valence electrons. The van der Waals surface area contributed by atoms with E-state index >= 15 is 0 Å². The molecule has 1 aromatic rings. The van der Waals surface area contributed by atoms with Gasteiger partial charge in [-0.3, -0.25) is 9.00 Å². The van der Waals surface area contributed by atoms with Gasteiger partial charge in [0, 0.05) is 18.0 Å². The van der Waals surface area contributed by atoms with E-state index in [1.165, 1.54) is 25.3 Å². The summed E-state index contributed by atoms with van der Waals surface area (Å²) >= 11 is 5.73. The van der Waals surface area contributed by atoms with Gasteiger partial charge in [0.2, 0.25) is 5.91 Å². The Balaban J connectivity index is 2.74. The van der Waals surface area contributed by atoms with Gasteiger partial charge in [-0.2, -0.15) is 0 Å². The fourth-order valence-corrected chi connectivity index (χ4v) is 2.78. The maximum atomic E-state index is 12.1. The third kappa shape index (κ3) is 5.45. The van der Waals surface area contributed by atoms with Crippen LogP contribution in [0.3, 0.4) is 0 Å². The Bertz CT molecular complexity index is 563. The van der Waals surface area contributed by atoms with Gasteiger partial charge < -0.3 is 15.2 Å². The van der Waals surface area contributed by atoms with Crippen molar-refractivity contribution in [3.05, 3.63) is 28.8 Å². The lowest BCUT2D eigenvalue weighted by molar-refractivity contribution is -0.119. The Morgan fingerprint density at radius 2 is 2.14 bits per heavy atom. The number of methoxy groups -OCH3 is 1. The van der Waals surface area contributed by atoms with Crippen LogP contribution in [-0.4, -0.2) is 46.7 Å². The summed E-state index contributed by atoms with van der Waals surface area (Å²) in [4.78, 5) is 22.9. The zero-order valence-electron chi connectivity index (χ0n) is 11.6. The predicted octanol–water partition coefficient (Wildman–Crippen LogP) is 1.30. The minimum Gasteiger partial charge on any atom is -0.478 e. The first-order chi connectivity index (χ1) is 9.85. The second-order valence-corrected chi connectivity index (χ2v) is 6.22. The van der Waals surface area contributed by atoms with Gasteiger partial charge in [0.05, 0.1) is 28.0 Å². The molecule has 0 radical (unpaired) electrons. The van der Waals surface area contributed by atoms with Gasteiger partial charge in [-0.15, -0.1) is 0 Å². The van der Waals surface area contributed by atoms with Crippen molar-refractivity contribution in [1.29, 1.82) is 0 Å². The van der Waals surface area contributed by atoms with E-state index in [4.69, 9.17) is 21.4 Å². The van der Waals surface area contributed by atoms with E-state index in [9.17, 15) is 13.8 Å². The number of carboxylic acids is 1. The summed E-state index contributed by atoms with van der Waals surface area (Å²) in [7, 11) is -0.128. The summed E-state index contributed by atoms with van der Waals surface area (Å²) in [5.41, 5.74) is -0.143. The SMILES string of the molecule is COCC(C)NC(=O)CS(=O)c1ccc(Cl)c(C(=O)O)c1. The fraction of sp³-hybridized carbons (Fsp3) is 0.385. The zero-order valence-corrected chi connectivity index (χ0v) is 13.2. The average Bonchev–Trinajstić information content (AvgIpc) is 2.38. The van der Waals surface area contributed by atoms with Gasteiger partial charge >= 0.3 is 5.97 Å². The van der Waals surface area contributed by atoms with Crippen LogP contribution in [0.25, 0.3) is 0 Å². The predicted molar refractivity (Wildman–Crippen MR) is 79.2 cm³/mol. The van der Waals surface area contributed by atoms with Crippen LogP contribution in [0, 0.1) is 0 Å². The largest absolute Gasteiger partial charge is 0.478 e. The number of nitrogens with one attached hydrogen (secondary N) is 1. The highest BCUT2D eigenvalue weighted by molar-refractivity contribution is 7.85. The van der Waals surface area contributed by atoms with E-state index in [-0.39, 0.29) is 27.3 Å². The van der Waals surface area contributed by atoms with Gasteiger partial charge in [-0.1, -0.05) is 11.6 Å². The topological polar surface area (TPSA) is 92.7 Å². The Morgan fingerprint density at radius 3 is 2.71 bits per heavy atom. The van der Waals surface area contributed by atoms with Crippen LogP contribution in [-0.2, 0) is 20.3 Å². The highest BCUT2D eigenvalue weighted by atomic mass is 35.5. The number of ether oxygens (including phenoxy) is 1. The molecule has 0 aliphatic rings. The van der Waals surface area contributed by atoms with Gasteiger partial charge in [0.25, 0.3) is 0 Å². The summed E-state index contributed by atoms with van der Waals surface area (Å²) in [6.07, 6.45) is 0. The average molecular weight is 334 g/mol. The molecule has 1 amide bonds. The standard InChI is InChI=1S/C13H16ClNO5S/c1-8(6-20-2)15-12(16)7-21(19)9-3-4-11(14)10(5-9)13(17)18/h3-5,8H,6-7H2,1-2H3,(H,15,16)(H,17,18). The maximum Gasteiger partial charge on any atom is 0.337 e. The lowest BCUT2D eigenvalue weighted by atomic mass is 10.2. The van der Waals surface area contributed by atoms with Crippen LogP contribution in [0.1, 0.15) is 17.3 Å². The van der Waals surface area contributed by atoms with Gasteiger partial charge in [0.15, 0.2) is 0 Å². The molecule has 0 aliphatic heterocycles. The number of carbonyl (C=O) groups is 2. The van der Waals surface area contributed by atoms with Gasteiger partial charge in [-0.05, 0) is 25.1 Å². The Kier molecular flexibility index (Phi) is 6.80. The zero-order chi connectivity index (χ0) is 16.0. The molecule has 2 N–H and O–H groups in total. The van der Waals surface area contributed by atoms with Crippen LogP contribution in [0.5, 0.6) is 0 Å². The molecule has 1 rings (SSSR count). The van der Waals surface area contributed by atoms with Crippen molar-refractivity contribution in [2.75, 3.05) is 19.5 Å². The molecule has 0 spiro atoms. The molecule has 2 unspecified atom stereocenters. The molecule has 6 nitrogen and oxygen atoms in total. The van der Waals surface area contributed by atoms with E-state index in [1.807, 2.05) is 0 Å². The maximum absolute atomic E-state index is 12.1. The second kappa shape index (κ2) is 8.11. The first kappa shape index (κ1) is 17.6. The van der Waals surface area contributed by atoms with Gasteiger partial charge in [0.1, 0.15) is 5.75 Å². The molecular weight excluding hydrogens is 318 g/mol. The van der Waals surface area contributed by atoms with E-state index in [0.29, 0.717) is 6.61 Å². The number of aromatic carboxylic acids is 1. The fourth-order valence-electron chi connectivity index (χ4n) is 1.62. The van der Waals surface area contributed by atoms with Crippen LogP contribution in [0.2, 0.25) is 5.02 Å². The summed E-state index contributed by atoms with van der Waals surface area (Å²) in [6, 6.07) is 3.81. The van der Waals surface area contributed by atoms with Crippen LogP contribution >= 0.6 is 11.6 Å². The minimum atomic E-state index is -1.64. The Labute approximate surface area is 129 Å². The summed E-state index contributed by atoms with van der Waals surface area (Å²) in [6.45, 7) is 2.11. The number of amides is 1. The number of halogens is 1. The molecule has 0 aromatic heterocycles. The van der Waals surface area contributed by atoms with Crippen molar-refractivity contribution in [1.82, 2.24) is 5.32 Å². The number of hydrogen-bond acceptors (Lipinski definition) is 4. The summed E-state index contributed by atoms with van der Waals surface area (Å²) in [5.74, 6) is -1.86. The highest BCUT2D eigenvalue weighted by Crippen LogP contribution is 2.19. The minimum absolute atomic E-state index is 0.0569. The normalized spacial score (nSPS) is 13.5. The second-order valence-electron chi connectivity index (χ2n) is 4.36. The third-order valence-corrected chi connectivity index (χ3v) is 4.15. The number of carbonyl (C=O) groups excluding carboxylic acids is 1. The summed E-state index contributed by atoms with van der Waals surface area (Å²) < 4.78 is 16.9. The van der Waals surface area contributed by atoms with E-state index in [2.05, 4.69) is 5.32 Å². The molecule has 2 atom stereocenters. The lowest BCUT2D eigenvalue weighted by Crippen LogP contribution is -2.38. The van der Waals surface area contributed by atoms with E-state index in [1.54, 1.807) is 6.92 Å². The first-order valence-electron chi connectivity index (χ1n) is 6.04. The third-order valence-electron chi connectivity index (χ3n) is 2.52. The van der Waals surface area contributed by atoms with Gasteiger partial charge in [-0.25, -0.2) is 4.79 Å². The summed E-state index contributed by atoms with van der Waals surface area (Å²) in [5, 5.41) is 11.6. The highest BCUT2D eigenvalue weighted by Gasteiger charge is 2.16. The molecular formula is C13H16ClNO5S.